The average molecular weight is 310 g/mol. The van der Waals surface area contributed by atoms with Crippen LogP contribution in [0.5, 0.6) is 0 Å². The maximum Gasteiger partial charge on any atom is 0.243 e. The zero-order valence-electron chi connectivity index (χ0n) is 12.5. The smallest absolute Gasteiger partial charge is 0.243 e. The Bertz CT molecular complexity index is 640. The molecule has 0 aliphatic carbocycles. The first kappa shape index (κ1) is 16.0. The van der Waals surface area contributed by atoms with E-state index in [-0.39, 0.29) is 18.1 Å². The van der Waals surface area contributed by atoms with Crippen molar-refractivity contribution < 1.29 is 13.2 Å². The van der Waals surface area contributed by atoms with E-state index in [1.807, 2.05) is 25.1 Å². The van der Waals surface area contributed by atoms with E-state index in [9.17, 15) is 13.2 Å². The number of benzene rings is 1. The van der Waals surface area contributed by atoms with Gasteiger partial charge < -0.3 is 10.6 Å². The molecule has 1 amide bonds. The van der Waals surface area contributed by atoms with Crippen LogP contribution in [-0.4, -0.2) is 38.9 Å². The lowest BCUT2D eigenvalue weighted by Gasteiger charge is -2.32. The topological polar surface area (TPSA) is 80.5 Å². The third kappa shape index (κ3) is 3.83. The second kappa shape index (κ2) is 6.15. The second-order valence-electron chi connectivity index (χ2n) is 5.70. The summed E-state index contributed by atoms with van der Waals surface area (Å²) in [5.74, 6) is -0.247. The van der Waals surface area contributed by atoms with E-state index in [1.54, 1.807) is 4.90 Å². The first-order chi connectivity index (χ1) is 9.79. The number of anilines is 1. The normalized spacial score (nSPS) is 16.4. The Morgan fingerprint density at radius 3 is 2.81 bits per heavy atom. The number of aryl methyl sites for hydroxylation is 2. The monoisotopic (exact) mass is 310 g/mol. The van der Waals surface area contributed by atoms with Gasteiger partial charge in [-0.15, -0.1) is 0 Å². The molecule has 21 heavy (non-hydrogen) atoms. The number of carbonyl (C=O) groups excluding carboxylic acids is 1. The fourth-order valence-electron chi connectivity index (χ4n) is 2.73. The van der Waals surface area contributed by atoms with Gasteiger partial charge in [-0.1, -0.05) is 18.2 Å². The molecule has 0 bridgehead atoms. The first-order valence-corrected chi connectivity index (χ1v) is 9.19. The highest BCUT2D eigenvalue weighted by Crippen LogP contribution is 2.30. The average Bonchev–Trinajstić information content (AvgIpc) is 2.43. The minimum Gasteiger partial charge on any atom is -0.320 e. The van der Waals surface area contributed by atoms with Crippen LogP contribution in [0, 0.1) is 6.92 Å². The van der Waals surface area contributed by atoms with Crippen LogP contribution in [0.2, 0.25) is 0 Å². The molecule has 1 aliphatic heterocycles. The summed E-state index contributed by atoms with van der Waals surface area (Å²) < 4.78 is 22.4. The van der Waals surface area contributed by atoms with E-state index in [1.165, 1.54) is 0 Å². The number of hydrogen-bond donors (Lipinski definition) is 1. The van der Waals surface area contributed by atoms with Crippen molar-refractivity contribution in [2.24, 2.45) is 5.73 Å². The molecule has 1 unspecified atom stereocenters. The van der Waals surface area contributed by atoms with Crippen molar-refractivity contribution in [1.82, 2.24) is 0 Å². The third-order valence-electron chi connectivity index (χ3n) is 3.80. The molecule has 0 saturated carbocycles. The number of amides is 1. The highest BCUT2D eigenvalue weighted by Gasteiger charge is 2.28. The van der Waals surface area contributed by atoms with Crippen molar-refractivity contribution in [3.05, 3.63) is 29.3 Å². The summed E-state index contributed by atoms with van der Waals surface area (Å²) >= 11 is 0. The summed E-state index contributed by atoms with van der Waals surface area (Å²) in [6.45, 7) is 2.62. The maximum atomic E-state index is 12.5. The van der Waals surface area contributed by atoms with Crippen molar-refractivity contribution in [3.8, 4) is 0 Å². The number of fused-ring (bicyclic) bond motifs is 1. The van der Waals surface area contributed by atoms with Crippen molar-refractivity contribution in [2.75, 3.05) is 23.5 Å². The number of nitrogens with zero attached hydrogens (tertiary/aromatic N) is 1. The SMILES string of the molecule is Cc1cccc2c1N(C(=O)C(N)CCS(C)(=O)=O)CCC2. The van der Waals surface area contributed by atoms with Crippen LogP contribution in [0.4, 0.5) is 5.69 Å². The van der Waals surface area contributed by atoms with E-state index in [4.69, 9.17) is 5.73 Å². The molecule has 116 valence electrons. The Morgan fingerprint density at radius 1 is 1.43 bits per heavy atom. The summed E-state index contributed by atoms with van der Waals surface area (Å²) in [6.07, 6.45) is 3.18. The fraction of sp³-hybridized carbons (Fsp3) is 0.533. The van der Waals surface area contributed by atoms with Crippen LogP contribution < -0.4 is 10.6 Å². The molecular formula is C15H22N2O3S. The molecule has 1 aliphatic rings. The van der Waals surface area contributed by atoms with Gasteiger partial charge in [0.2, 0.25) is 5.91 Å². The van der Waals surface area contributed by atoms with E-state index in [2.05, 4.69) is 0 Å². The number of hydrogen-bond acceptors (Lipinski definition) is 4. The highest BCUT2D eigenvalue weighted by molar-refractivity contribution is 7.90. The first-order valence-electron chi connectivity index (χ1n) is 7.13. The van der Waals surface area contributed by atoms with Gasteiger partial charge in [-0.25, -0.2) is 8.42 Å². The molecular weight excluding hydrogens is 288 g/mol. The van der Waals surface area contributed by atoms with Gasteiger partial charge in [-0.2, -0.15) is 0 Å². The summed E-state index contributed by atoms with van der Waals surface area (Å²) in [7, 11) is -3.10. The van der Waals surface area contributed by atoms with Gasteiger partial charge in [0.05, 0.1) is 11.8 Å². The standard InChI is InChI=1S/C15H22N2O3S/c1-11-5-3-6-12-7-4-9-17(14(11)12)15(18)13(16)8-10-21(2,19)20/h3,5-6,13H,4,7-10,16H2,1-2H3. The van der Waals surface area contributed by atoms with Gasteiger partial charge in [-0.3, -0.25) is 4.79 Å². The predicted octanol–water partition coefficient (Wildman–Crippen LogP) is 1.04. The van der Waals surface area contributed by atoms with Gasteiger partial charge >= 0.3 is 0 Å². The summed E-state index contributed by atoms with van der Waals surface area (Å²) in [6, 6.07) is 5.23. The van der Waals surface area contributed by atoms with Crippen molar-refractivity contribution in [1.29, 1.82) is 0 Å². The van der Waals surface area contributed by atoms with Crippen molar-refractivity contribution in [3.63, 3.8) is 0 Å². The summed E-state index contributed by atoms with van der Waals surface area (Å²) in [4.78, 5) is 14.3. The van der Waals surface area contributed by atoms with E-state index in [0.717, 1.165) is 35.9 Å². The van der Waals surface area contributed by atoms with Gasteiger partial charge in [0.15, 0.2) is 0 Å². The van der Waals surface area contributed by atoms with E-state index >= 15 is 0 Å². The number of rotatable bonds is 4. The summed E-state index contributed by atoms with van der Waals surface area (Å²) in [5.41, 5.74) is 9.06. The molecule has 5 nitrogen and oxygen atoms in total. The molecule has 2 rings (SSSR count). The van der Waals surface area contributed by atoms with E-state index < -0.39 is 15.9 Å². The van der Waals surface area contributed by atoms with Crippen LogP contribution in [0.3, 0.4) is 0 Å². The predicted molar refractivity (Wildman–Crippen MR) is 84.2 cm³/mol. The minimum atomic E-state index is -3.10. The second-order valence-corrected chi connectivity index (χ2v) is 7.96. The third-order valence-corrected chi connectivity index (χ3v) is 4.78. The highest BCUT2D eigenvalue weighted by atomic mass is 32.2. The Labute approximate surface area is 126 Å². The molecule has 6 heteroatoms. The molecule has 1 heterocycles. The van der Waals surface area contributed by atoms with Gasteiger partial charge in [0.25, 0.3) is 0 Å². The molecule has 0 fully saturated rings. The van der Waals surface area contributed by atoms with Gasteiger partial charge in [0.1, 0.15) is 9.84 Å². The number of sulfone groups is 1. The lowest BCUT2D eigenvalue weighted by molar-refractivity contribution is -0.120. The molecule has 2 N–H and O–H groups in total. The van der Waals surface area contributed by atoms with Gasteiger partial charge in [0, 0.05) is 18.5 Å². The Morgan fingerprint density at radius 2 is 2.14 bits per heavy atom. The zero-order chi connectivity index (χ0) is 15.6. The molecule has 1 atom stereocenters. The Hall–Kier alpha value is -1.40. The lowest BCUT2D eigenvalue weighted by Crippen LogP contribution is -2.47. The lowest BCUT2D eigenvalue weighted by atomic mass is 9.97. The zero-order valence-corrected chi connectivity index (χ0v) is 13.3. The van der Waals surface area contributed by atoms with Crippen LogP contribution in [0.1, 0.15) is 24.0 Å². The molecule has 1 aromatic carbocycles. The van der Waals surface area contributed by atoms with Crippen molar-refractivity contribution >= 4 is 21.4 Å². The summed E-state index contributed by atoms with van der Waals surface area (Å²) in [5, 5.41) is 0. The molecule has 0 spiro atoms. The minimum absolute atomic E-state index is 0.0611. The van der Waals surface area contributed by atoms with E-state index in [0.29, 0.717) is 6.54 Å². The Kier molecular flexibility index (Phi) is 4.68. The largest absolute Gasteiger partial charge is 0.320 e. The number of para-hydroxylation sites is 1. The molecule has 0 aromatic heterocycles. The maximum absolute atomic E-state index is 12.5. The van der Waals surface area contributed by atoms with Gasteiger partial charge in [-0.05, 0) is 37.3 Å². The van der Waals surface area contributed by atoms with Crippen LogP contribution in [-0.2, 0) is 21.1 Å². The van der Waals surface area contributed by atoms with Crippen LogP contribution in [0.15, 0.2) is 18.2 Å². The van der Waals surface area contributed by atoms with Crippen molar-refractivity contribution in [2.45, 2.75) is 32.2 Å². The molecule has 1 aromatic rings. The van der Waals surface area contributed by atoms with Crippen LogP contribution in [0.25, 0.3) is 0 Å². The number of carbonyl (C=O) groups is 1. The molecule has 0 saturated heterocycles. The Balaban J connectivity index is 2.18. The van der Waals surface area contributed by atoms with Crippen LogP contribution >= 0.6 is 0 Å². The number of nitrogens with two attached hydrogens (primary N) is 1. The quantitative estimate of drug-likeness (QED) is 0.901. The molecule has 0 radical (unpaired) electrons. The fourth-order valence-corrected chi connectivity index (χ4v) is 3.41.